The van der Waals surface area contributed by atoms with E-state index in [9.17, 15) is 9.59 Å². The fourth-order valence-electron chi connectivity index (χ4n) is 3.78. The van der Waals surface area contributed by atoms with E-state index >= 15 is 0 Å². The van der Waals surface area contributed by atoms with Gasteiger partial charge in [0.2, 0.25) is 11.8 Å². The highest BCUT2D eigenvalue weighted by atomic mass is 16.2. The molecule has 1 saturated heterocycles. The molecule has 4 heteroatoms. The molecule has 0 aromatic carbocycles. The molecule has 2 aliphatic carbocycles. The second-order valence-corrected chi connectivity index (χ2v) is 6.14. The molecule has 0 aromatic rings. The van der Waals surface area contributed by atoms with E-state index in [0.717, 1.165) is 19.4 Å². The predicted molar refractivity (Wildman–Crippen MR) is 66.7 cm³/mol. The smallest absolute Gasteiger partial charge is 0.233 e. The summed E-state index contributed by atoms with van der Waals surface area (Å²) in [7, 11) is 4.18. The number of quaternary nitrogens is 1. The Labute approximate surface area is 108 Å². The minimum absolute atomic E-state index is 0.0285. The minimum atomic E-state index is -0.0285. The molecule has 2 bridgehead atoms. The highest BCUT2D eigenvalue weighted by molar-refractivity contribution is 6.06. The Morgan fingerprint density at radius 3 is 2.22 bits per heavy atom. The molecule has 3 rings (SSSR count). The molecule has 18 heavy (non-hydrogen) atoms. The van der Waals surface area contributed by atoms with Gasteiger partial charge in [-0.25, -0.2) is 0 Å². The Kier molecular flexibility index (Phi) is 2.77. The van der Waals surface area contributed by atoms with Crippen LogP contribution < -0.4 is 4.90 Å². The van der Waals surface area contributed by atoms with E-state index in [1.807, 2.05) is 0 Å². The standard InChI is InChI=1S/C14H20N2O2/c1-15(2)6-3-7-16-13(17)11-9-4-5-10(8-9)12(11)14(16)18/h4-5,9-12H,3,6-8H2,1-2H3/p+1/t9-,10+,11+,12-. The number of carbonyl (C=O) groups is 2. The molecule has 0 radical (unpaired) electrons. The van der Waals surface area contributed by atoms with E-state index in [1.165, 1.54) is 9.80 Å². The van der Waals surface area contributed by atoms with Crippen molar-refractivity contribution in [1.82, 2.24) is 4.90 Å². The molecule has 4 atom stereocenters. The number of nitrogens with zero attached hydrogens (tertiary/aromatic N) is 1. The Hall–Kier alpha value is -1.16. The van der Waals surface area contributed by atoms with Crippen LogP contribution in [0.4, 0.5) is 0 Å². The molecular weight excluding hydrogens is 228 g/mol. The Morgan fingerprint density at radius 1 is 1.17 bits per heavy atom. The van der Waals surface area contributed by atoms with E-state index in [0.29, 0.717) is 18.4 Å². The van der Waals surface area contributed by atoms with Crippen molar-refractivity contribution in [1.29, 1.82) is 0 Å². The SMILES string of the molecule is C[NH+](C)CCCN1C(=O)[C@@H]2[C@H](C1=O)[C@H]1C=C[C@@H]2C1. The van der Waals surface area contributed by atoms with Crippen molar-refractivity contribution in [2.45, 2.75) is 12.8 Å². The van der Waals surface area contributed by atoms with Gasteiger partial charge in [-0.3, -0.25) is 14.5 Å². The zero-order chi connectivity index (χ0) is 12.9. The first-order valence-electron chi connectivity index (χ1n) is 6.92. The molecule has 0 aromatic heterocycles. The lowest BCUT2D eigenvalue weighted by Crippen LogP contribution is -3.05. The lowest BCUT2D eigenvalue weighted by atomic mass is 9.85. The zero-order valence-corrected chi connectivity index (χ0v) is 11.1. The van der Waals surface area contributed by atoms with Gasteiger partial charge in [0.1, 0.15) is 0 Å². The zero-order valence-electron chi connectivity index (χ0n) is 11.1. The highest BCUT2D eigenvalue weighted by Crippen LogP contribution is 2.52. The van der Waals surface area contributed by atoms with E-state index in [4.69, 9.17) is 0 Å². The number of hydrogen-bond donors (Lipinski definition) is 1. The van der Waals surface area contributed by atoms with Gasteiger partial charge in [-0.15, -0.1) is 0 Å². The van der Waals surface area contributed by atoms with Gasteiger partial charge in [-0.05, 0) is 18.3 Å². The average molecular weight is 249 g/mol. The van der Waals surface area contributed by atoms with Crippen LogP contribution in [0.5, 0.6) is 0 Å². The van der Waals surface area contributed by atoms with Crippen LogP contribution in [0.25, 0.3) is 0 Å². The Morgan fingerprint density at radius 2 is 1.72 bits per heavy atom. The maximum atomic E-state index is 12.3. The lowest BCUT2D eigenvalue weighted by Gasteiger charge is -2.17. The summed E-state index contributed by atoms with van der Waals surface area (Å²) in [5.41, 5.74) is 0. The van der Waals surface area contributed by atoms with Crippen LogP contribution in [0, 0.1) is 23.7 Å². The molecular formula is C14H21N2O2+. The summed E-state index contributed by atoms with van der Waals surface area (Å²) in [6.07, 6.45) is 6.21. The Bertz CT molecular complexity index is 386. The predicted octanol–water partition coefficient (Wildman–Crippen LogP) is -0.672. The van der Waals surface area contributed by atoms with Gasteiger partial charge < -0.3 is 4.90 Å². The molecule has 0 spiro atoms. The van der Waals surface area contributed by atoms with Gasteiger partial charge in [0.25, 0.3) is 0 Å². The second-order valence-electron chi connectivity index (χ2n) is 6.14. The van der Waals surface area contributed by atoms with Crippen molar-refractivity contribution >= 4 is 11.8 Å². The van der Waals surface area contributed by atoms with Crippen LogP contribution in [0.2, 0.25) is 0 Å². The molecule has 3 aliphatic rings. The van der Waals surface area contributed by atoms with Gasteiger partial charge in [0.05, 0.1) is 32.5 Å². The average Bonchev–Trinajstić information content (AvgIpc) is 2.97. The summed E-state index contributed by atoms with van der Waals surface area (Å²) in [5, 5.41) is 0. The maximum Gasteiger partial charge on any atom is 0.233 e. The highest BCUT2D eigenvalue weighted by Gasteiger charge is 2.58. The summed E-state index contributed by atoms with van der Waals surface area (Å²) in [5.74, 6) is 0.798. The monoisotopic (exact) mass is 249 g/mol. The minimum Gasteiger partial charge on any atom is -0.340 e. The summed E-state index contributed by atoms with van der Waals surface area (Å²) in [6, 6.07) is 0. The number of allylic oxidation sites excluding steroid dienone is 2. The fraction of sp³-hybridized carbons (Fsp3) is 0.714. The summed E-state index contributed by atoms with van der Waals surface area (Å²) in [4.78, 5) is 27.5. The first-order chi connectivity index (χ1) is 8.59. The number of hydrogen-bond acceptors (Lipinski definition) is 2. The topological polar surface area (TPSA) is 41.8 Å². The second kappa shape index (κ2) is 4.19. The van der Waals surface area contributed by atoms with Crippen LogP contribution in [-0.4, -0.2) is 43.9 Å². The van der Waals surface area contributed by atoms with Crippen LogP contribution in [0.15, 0.2) is 12.2 Å². The van der Waals surface area contributed by atoms with E-state index in [1.54, 1.807) is 0 Å². The third-order valence-corrected chi connectivity index (χ3v) is 4.62. The summed E-state index contributed by atoms with van der Waals surface area (Å²) >= 11 is 0. The number of amides is 2. The third kappa shape index (κ3) is 1.62. The van der Waals surface area contributed by atoms with Crippen LogP contribution in [0.3, 0.4) is 0 Å². The van der Waals surface area contributed by atoms with Gasteiger partial charge in [0.15, 0.2) is 0 Å². The van der Waals surface area contributed by atoms with Crippen LogP contribution >= 0.6 is 0 Å². The lowest BCUT2D eigenvalue weighted by molar-refractivity contribution is -0.858. The van der Waals surface area contributed by atoms with Gasteiger partial charge in [-0.1, -0.05) is 12.2 Å². The number of fused-ring (bicyclic) bond motifs is 5. The summed E-state index contributed by atoms with van der Waals surface area (Å²) < 4.78 is 0. The number of nitrogens with one attached hydrogen (secondary N) is 1. The molecule has 1 N–H and O–H groups in total. The first-order valence-corrected chi connectivity index (χ1v) is 6.92. The Balaban J connectivity index is 1.68. The van der Waals surface area contributed by atoms with Gasteiger partial charge in [-0.2, -0.15) is 0 Å². The molecule has 1 aliphatic heterocycles. The van der Waals surface area contributed by atoms with E-state index in [-0.39, 0.29) is 23.7 Å². The number of imide groups is 1. The van der Waals surface area contributed by atoms with Crippen molar-refractivity contribution in [2.75, 3.05) is 27.2 Å². The molecule has 2 amide bonds. The van der Waals surface area contributed by atoms with Crippen LogP contribution in [0.1, 0.15) is 12.8 Å². The number of likely N-dealkylation sites (tertiary alicyclic amines) is 1. The van der Waals surface area contributed by atoms with E-state index < -0.39 is 0 Å². The van der Waals surface area contributed by atoms with Crippen molar-refractivity contribution < 1.29 is 14.5 Å². The molecule has 98 valence electrons. The van der Waals surface area contributed by atoms with Gasteiger partial charge >= 0.3 is 0 Å². The quantitative estimate of drug-likeness (QED) is 0.530. The van der Waals surface area contributed by atoms with E-state index in [2.05, 4.69) is 26.2 Å². The number of rotatable bonds is 4. The normalized spacial score (nSPS) is 37.2. The number of carbonyl (C=O) groups excluding carboxylic acids is 2. The maximum absolute atomic E-state index is 12.3. The van der Waals surface area contributed by atoms with Crippen molar-refractivity contribution in [3.63, 3.8) is 0 Å². The molecule has 0 unspecified atom stereocenters. The molecule has 4 nitrogen and oxygen atoms in total. The molecule has 2 fully saturated rings. The van der Waals surface area contributed by atoms with Crippen molar-refractivity contribution in [2.24, 2.45) is 23.7 Å². The third-order valence-electron chi connectivity index (χ3n) is 4.62. The van der Waals surface area contributed by atoms with Crippen molar-refractivity contribution in [3.8, 4) is 0 Å². The van der Waals surface area contributed by atoms with Crippen molar-refractivity contribution in [3.05, 3.63) is 12.2 Å². The van der Waals surface area contributed by atoms with Crippen LogP contribution in [-0.2, 0) is 9.59 Å². The largest absolute Gasteiger partial charge is 0.340 e. The van der Waals surface area contributed by atoms with Gasteiger partial charge in [0, 0.05) is 13.0 Å². The first kappa shape index (κ1) is 11.9. The molecule has 1 saturated carbocycles. The fourth-order valence-corrected chi connectivity index (χ4v) is 3.78. The molecule has 1 heterocycles. The summed E-state index contributed by atoms with van der Waals surface area (Å²) in [6.45, 7) is 1.60.